The Balaban J connectivity index is 2.71. The van der Waals surface area contributed by atoms with Crippen molar-refractivity contribution in [2.75, 3.05) is 6.61 Å². The number of nitrogens with zero attached hydrogens (tertiary/aromatic N) is 1. The van der Waals surface area contributed by atoms with Gasteiger partial charge in [0.15, 0.2) is 0 Å². The van der Waals surface area contributed by atoms with Gasteiger partial charge in [-0.15, -0.1) is 0 Å². The largest absolute Gasteiger partial charge is 0.394 e. The van der Waals surface area contributed by atoms with Crippen molar-refractivity contribution in [3.05, 3.63) is 41.6 Å². The summed E-state index contributed by atoms with van der Waals surface area (Å²) in [7, 11) is 0. The van der Waals surface area contributed by atoms with Gasteiger partial charge >= 0.3 is 0 Å². The quantitative estimate of drug-likeness (QED) is 0.776. The first-order valence-corrected chi connectivity index (χ1v) is 4.95. The van der Waals surface area contributed by atoms with Crippen molar-refractivity contribution in [2.45, 2.75) is 13.0 Å². The van der Waals surface area contributed by atoms with Gasteiger partial charge in [0.2, 0.25) is 0 Å². The standard InChI is InChI=1S/C12H14N2O/c1-8-6-10(11(13)7-15)9-4-2-3-5-12(9)14-8/h2-6,11,15H,7,13H2,1H3. The Kier molecular flexibility index (Phi) is 2.66. The van der Waals surface area contributed by atoms with Crippen LogP contribution >= 0.6 is 0 Å². The molecular formula is C12H14N2O. The summed E-state index contributed by atoms with van der Waals surface area (Å²) < 4.78 is 0. The van der Waals surface area contributed by atoms with Crippen molar-refractivity contribution < 1.29 is 5.11 Å². The number of aromatic nitrogens is 1. The van der Waals surface area contributed by atoms with E-state index in [0.29, 0.717) is 0 Å². The Bertz CT molecular complexity index is 482. The minimum absolute atomic E-state index is 0.0482. The predicted octanol–water partition coefficient (Wildman–Crippen LogP) is 1.54. The van der Waals surface area contributed by atoms with E-state index < -0.39 is 0 Å². The molecule has 0 saturated carbocycles. The van der Waals surface area contributed by atoms with E-state index >= 15 is 0 Å². The fourth-order valence-electron chi connectivity index (χ4n) is 1.75. The first kappa shape index (κ1) is 10.1. The average molecular weight is 202 g/mol. The van der Waals surface area contributed by atoms with Gasteiger partial charge in [-0.25, -0.2) is 0 Å². The lowest BCUT2D eigenvalue weighted by Crippen LogP contribution is -2.15. The second kappa shape index (κ2) is 3.96. The summed E-state index contributed by atoms with van der Waals surface area (Å²) in [5.74, 6) is 0. The number of pyridine rings is 1. The third-order valence-electron chi connectivity index (χ3n) is 2.47. The van der Waals surface area contributed by atoms with Gasteiger partial charge in [-0.1, -0.05) is 18.2 Å². The molecule has 0 spiro atoms. The Morgan fingerprint density at radius 3 is 2.87 bits per heavy atom. The number of aliphatic hydroxyl groups excluding tert-OH is 1. The van der Waals surface area contributed by atoms with E-state index in [1.807, 2.05) is 37.3 Å². The maximum absolute atomic E-state index is 9.09. The van der Waals surface area contributed by atoms with E-state index in [4.69, 9.17) is 10.8 Å². The maximum atomic E-state index is 9.09. The number of hydrogen-bond donors (Lipinski definition) is 2. The van der Waals surface area contributed by atoms with Crippen LogP contribution in [-0.2, 0) is 0 Å². The molecule has 0 amide bonds. The molecule has 0 aliphatic carbocycles. The molecule has 1 atom stereocenters. The molecule has 1 heterocycles. The zero-order valence-electron chi connectivity index (χ0n) is 8.64. The normalized spacial score (nSPS) is 13.0. The van der Waals surface area contributed by atoms with Crippen molar-refractivity contribution in [1.29, 1.82) is 0 Å². The highest BCUT2D eigenvalue weighted by Gasteiger charge is 2.09. The summed E-state index contributed by atoms with van der Waals surface area (Å²) in [5.41, 5.74) is 8.66. The van der Waals surface area contributed by atoms with Crippen molar-refractivity contribution in [2.24, 2.45) is 5.73 Å². The van der Waals surface area contributed by atoms with Crippen LogP contribution in [-0.4, -0.2) is 16.7 Å². The summed E-state index contributed by atoms with van der Waals surface area (Å²) in [5, 5.41) is 10.1. The number of aryl methyl sites for hydroxylation is 1. The van der Waals surface area contributed by atoms with E-state index in [1.165, 1.54) is 0 Å². The third kappa shape index (κ3) is 1.84. The Hall–Kier alpha value is -1.45. The molecule has 0 radical (unpaired) electrons. The number of rotatable bonds is 2. The molecule has 3 heteroatoms. The second-order valence-electron chi connectivity index (χ2n) is 3.66. The minimum Gasteiger partial charge on any atom is -0.394 e. The summed E-state index contributed by atoms with van der Waals surface area (Å²) >= 11 is 0. The van der Waals surface area contributed by atoms with Gasteiger partial charge in [0.05, 0.1) is 18.2 Å². The number of aliphatic hydroxyl groups is 1. The van der Waals surface area contributed by atoms with Crippen molar-refractivity contribution in [1.82, 2.24) is 4.98 Å². The summed E-state index contributed by atoms with van der Waals surface area (Å²) in [6.45, 7) is 1.88. The Labute approximate surface area is 88.6 Å². The summed E-state index contributed by atoms with van der Waals surface area (Å²) in [6, 6.07) is 9.43. The molecule has 0 fully saturated rings. The van der Waals surface area contributed by atoms with Crippen molar-refractivity contribution in [3.63, 3.8) is 0 Å². The first-order valence-electron chi connectivity index (χ1n) is 4.95. The van der Waals surface area contributed by atoms with Crippen LogP contribution in [0.3, 0.4) is 0 Å². The number of nitrogens with two attached hydrogens (primary N) is 1. The number of hydrogen-bond acceptors (Lipinski definition) is 3. The fraction of sp³-hybridized carbons (Fsp3) is 0.250. The lowest BCUT2D eigenvalue weighted by atomic mass is 10.0. The number of benzene rings is 1. The van der Waals surface area contributed by atoms with Gasteiger partial charge in [0.25, 0.3) is 0 Å². The van der Waals surface area contributed by atoms with Gasteiger partial charge < -0.3 is 10.8 Å². The van der Waals surface area contributed by atoms with Crippen molar-refractivity contribution >= 4 is 10.9 Å². The van der Waals surface area contributed by atoms with E-state index in [9.17, 15) is 0 Å². The lowest BCUT2D eigenvalue weighted by molar-refractivity contribution is 0.268. The van der Waals surface area contributed by atoms with Crippen LogP contribution in [0.2, 0.25) is 0 Å². The zero-order valence-corrected chi connectivity index (χ0v) is 8.64. The van der Waals surface area contributed by atoms with Crippen LogP contribution in [0, 0.1) is 6.92 Å². The molecule has 2 rings (SSSR count). The number of fused-ring (bicyclic) bond motifs is 1. The maximum Gasteiger partial charge on any atom is 0.0708 e. The predicted molar refractivity (Wildman–Crippen MR) is 60.5 cm³/mol. The van der Waals surface area contributed by atoms with Crippen LogP contribution in [0.25, 0.3) is 10.9 Å². The minimum atomic E-state index is -0.336. The van der Waals surface area contributed by atoms with Gasteiger partial charge in [0.1, 0.15) is 0 Å². The van der Waals surface area contributed by atoms with Gasteiger partial charge in [-0.05, 0) is 24.6 Å². The van der Waals surface area contributed by atoms with Crippen LogP contribution in [0.4, 0.5) is 0 Å². The fourth-order valence-corrected chi connectivity index (χ4v) is 1.75. The van der Waals surface area contributed by atoms with Crippen LogP contribution in [0.5, 0.6) is 0 Å². The van der Waals surface area contributed by atoms with Crippen LogP contribution < -0.4 is 5.73 Å². The van der Waals surface area contributed by atoms with Gasteiger partial charge in [0, 0.05) is 11.1 Å². The highest BCUT2D eigenvalue weighted by atomic mass is 16.3. The molecule has 2 aromatic rings. The molecule has 1 aromatic heterocycles. The molecule has 0 bridgehead atoms. The highest BCUT2D eigenvalue weighted by molar-refractivity contribution is 5.82. The SMILES string of the molecule is Cc1cc(C(N)CO)c2ccccc2n1. The van der Waals surface area contributed by atoms with E-state index in [0.717, 1.165) is 22.2 Å². The van der Waals surface area contributed by atoms with E-state index in [1.54, 1.807) is 0 Å². The Morgan fingerprint density at radius 1 is 1.40 bits per heavy atom. The van der Waals surface area contributed by atoms with Crippen molar-refractivity contribution in [3.8, 4) is 0 Å². The van der Waals surface area contributed by atoms with Gasteiger partial charge in [-0.3, -0.25) is 4.98 Å². The average Bonchev–Trinajstić information content (AvgIpc) is 2.26. The van der Waals surface area contributed by atoms with Crippen LogP contribution in [0.1, 0.15) is 17.3 Å². The number of para-hydroxylation sites is 1. The molecule has 3 N–H and O–H groups in total. The van der Waals surface area contributed by atoms with Crippen LogP contribution in [0.15, 0.2) is 30.3 Å². The molecule has 0 aliphatic rings. The lowest BCUT2D eigenvalue weighted by Gasteiger charge is -2.12. The molecule has 3 nitrogen and oxygen atoms in total. The monoisotopic (exact) mass is 202 g/mol. The third-order valence-corrected chi connectivity index (χ3v) is 2.47. The molecule has 0 saturated heterocycles. The second-order valence-corrected chi connectivity index (χ2v) is 3.66. The highest BCUT2D eigenvalue weighted by Crippen LogP contribution is 2.22. The molecule has 0 aliphatic heterocycles. The zero-order chi connectivity index (χ0) is 10.8. The summed E-state index contributed by atoms with van der Waals surface area (Å²) in [4.78, 5) is 4.42. The summed E-state index contributed by atoms with van der Waals surface area (Å²) in [6.07, 6.45) is 0. The van der Waals surface area contributed by atoms with E-state index in [2.05, 4.69) is 4.98 Å². The topological polar surface area (TPSA) is 59.1 Å². The molecular weight excluding hydrogens is 188 g/mol. The first-order chi connectivity index (χ1) is 7.22. The molecule has 15 heavy (non-hydrogen) atoms. The Morgan fingerprint density at radius 2 is 2.13 bits per heavy atom. The van der Waals surface area contributed by atoms with Gasteiger partial charge in [-0.2, -0.15) is 0 Å². The molecule has 78 valence electrons. The molecule has 1 unspecified atom stereocenters. The smallest absolute Gasteiger partial charge is 0.0708 e. The van der Waals surface area contributed by atoms with E-state index in [-0.39, 0.29) is 12.6 Å². The molecule has 1 aromatic carbocycles.